The number of benzene rings is 2. The molecule has 2 N–H and O–H groups in total. The predicted molar refractivity (Wildman–Crippen MR) is 121 cm³/mol. The highest BCUT2D eigenvalue weighted by atomic mass is 35.5. The van der Waals surface area contributed by atoms with Crippen LogP contribution in [0.1, 0.15) is 13.3 Å². The van der Waals surface area contributed by atoms with Crippen LogP contribution < -0.4 is 14.8 Å². The zero-order valence-electron chi connectivity index (χ0n) is 18.7. The first-order chi connectivity index (χ1) is 16.5. The summed E-state index contributed by atoms with van der Waals surface area (Å²) in [4.78, 5) is 24.7. The fourth-order valence-electron chi connectivity index (χ4n) is 3.54. The average molecular weight is 517 g/mol. The summed E-state index contributed by atoms with van der Waals surface area (Å²) in [6.07, 6.45) is -6.11. The number of phenols is 1. The molecule has 2 atom stereocenters. The number of aromatic hydroxyl groups is 1. The number of carbonyl (C=O) groups excluding carboxylic acids is 2. The third-order valence-electron chi connectivity index (χ3n) is 5.03. The lowest BCUT2D eigenvalue weighted by atomic mass is 10.2. The molecule has 0 saturated carbocycles. The Morgan fingerprint density at radius 2 is 1.94 bits per heavy atom. The minimum atomic E-state index is -5.18. The van der Waals surface area contributed by atoms with Crippen LogP contribution in [0.2, 0.25) is 5.02 Å². The number of amides is 1. The third-order valence-corrected chi connectivity index (χ3v) is 5.28. The van der Waals surface area contributed by atoms with E-state index in [2.05, 4.69) is 10.1 Å². The second-order valence-corrected chi connectivity index (χ2v) is 8.35. The highest BCUT2D eigenvalue weighted by Gasteiger charge is 2.43. The molecule has 1 aliphatic rings. The molecule has 8 nitrogen and oxygen atoms in total. The van der Waals surface area contributed by atoms with Gasteiger partial charge in [-0.25, -0.2) is 4.79 Å². The van der Waals surface area contributed by atoms with E-state index in [-0.39, 0.29) is 29.8 Å². The molecule has 35 heavy (non-hydrogen) atoms. The molecule has 0 spiro atoms. The second-order valence-electron chi connectivity index (χ2n) is 7.91. The van der Waals surface area contributed by atoms with Gasteiger partial charge in [-0.3, -0.25) is 9.69 Å². The van der Waals surface area contributed by atoms with Gasteiger partial charge in [0.1, 0.15) is 24.6 Å². The van der Waals surface area contributed by atoms with Gasteiger partial charge in [-0.2, -0.15) is 13.2 Å². The number of para-hydroxylation sites is 1. The van der Waals surface area contributed by atoms with Gasteiger partial charge in [0.05, 0.1) is 5.69 Å². The number of likely N-dealkylation sites (tertiary alicyclic amines) is 1. The molecular weight excluding hydrogens is 493 g/mol. The highest BCUT2D eigenvalue weighted by molar-refractivity contribution is 6.30. The van der Waals surface area contributed by atoms with Crippen molar-refractivity contribution in [3.8, 4) is 17.2 Å². The van der Waals surface area contributed by atoms with Gasteiger partial charge in [0.2, 0.25) is 5.91 Å². The number of ether oxygens (including phenoxy) is 3. The quantitative estimate of drug-likeness (QED) is 0.486. The summed E-state index contributed by atoms with van der Waals surface area (Å²) in [5.41, 5.74) is 0.121. The van der Waals surface area contributed by atoms with Crippen molar-refractivity contribution < 1.29 is 42.1 Å². The SMILES string of the molecule is CC(=O)Nc1cccc(O)c1OCC(CN1CCC(Oc2ccc(Cl)cc2)C1)OC(=O)C(F)(F)F. The molecule has 0 radical (unpaired) electrons. The number of nitrogens with one attached hydrogen (secondary N) is 1. The van der Waals surface area contributed by atoms with Crippen LogP contribution in [-0.2, 0) is 14.3 Å². The van der Waals surface area contributed by atoms with Crippen molar-refractivity contribution in [1.29, 1.82) is 0 Å². The molecule has 1 saturated heterocycles. The van der Waals surface area contributed by atoms with E-state index in [1.54, 1.807) is 29.2 Å². The average Bonchev–Trinajstić information content (AvgIpc) is 3.20. The molecule has 0 aliphatic carbocycles. The van der Waals surface area contributed by atoms with Gasteiger partial charge in [0, 0.05) is 31.6 Å². The minimum absolute atomic E-state index is 0.0641. The lowest BCUT2D eigenvalue weighted by Gasteiger charge is -2.25. The molecule has 1 fully saturated rings. The second kappa shape index (κ2) is 11.5. The topological polar surface area (TPSA) is 97.3 Å². The molecule has 0 bridgehead atoms. The van der Waals surface area contributed by atoms with E-state index in [9.17, 15) is 27.9 Å². The molecule has 3 rings (SSSR count). The largest absolute Gasteiger partial charge is 0.504 e. The fourth-order valence-corrected chi connectivity index (χ4v) is 3.66. The summed E-state index contributed by atoms with van der Waals surface area (Å²) in [5.74, 6) is -2.67. The van der Waals surface area contributed by atoms with Crippen LogP contribution in [0, 0.1) is 0 Å². The van der Waals surface area contributed by atoms with E-state index in [0.717, 1.165) is 0 Å². The van der Waals surface area contributed by atoms with Gasteiger partial charge in [-0.05, 0) is 42.8 Å². The Balaban J connectivity index is 1.66. The van der Waals surface area contributed by atoms with Gasteiger partial charge < -0.3 is 24.6 Å². The Kier molecular flexibility index (Phi) is 8.68. The number of rotatable bonds is 9. The van der Waals surface area contributed by atoms with Crippen molar-refractivity contribution >= 4 is 29.2 Å². The first-order valence-electron chi connectivity index (χ1n) is 10.7. The number of nitrogens with zero attached hydrogens (tertiary/aromatic N) is 1. The van der Waals surface area contributed by atoms with Crippen LogP contribution in [0.4, 0.5) is 18.9 Å². The van der Waals surface area contributed by atoms with E-state index < -0.39 is 30.8 Å². The first-order valence-corrected chi connectivity index (χ1v) is 11.0. The van der Waals surface area contributed by atoms with Gasteiger partial charge >= 0.3 is 12.1 Å². The number of esters is 1. The zero-order valence-corrected chi connectivity index (χ0v) is 19.4. The van der Waals surface area contributed by atoms with Crippen molar-refractivity contribution in [2.75, 3.05) is 31.6 Å². The summed E-state index contributed by atoms with van der Waals surface area (Å²) < 4.78 is 54.6. The van der Waals surface area contributed by atoms with Gasteiger partial charge in [-0.15, -0.1) is 0 Å². The van der Waals surface area contributed by atoms with E-state index in [1.807, 2.05) is 0 Å². The summed E-state index contributed by atoms with van der Waals surface area (Å²) in [5, 5.41) is 13.1. The number of alkyl halides is 3. The van der Waals surface area contributed by atoms with E-state index in [0.29, 0.717) is 30.3 Å². The maximum atomic E-state index is 12.8. The number of anilines is 1. The predicted octanol–water partition coefficient (Wildman–Crippen LogP) is 4.01. The van der Waals surface area contributed by atoms with Crippen molar-refractivity contribution in [3.05, 3.63) is 47.5 Å². The lowest BCUT2D eigenvalue weighted by molar-refractivity contribution is -0.206. The van der Waals surface area contributed by atoms with Crippen LogP contribution in [0.25, 0.3) is 0 Å². The Bertz CT molecular complexity index is 1030. The number of hydrogen-bond acceptors (Lipinski definition) is 7. The Morgan fingerprint density at radius 1 is 1.23 bits per heavy atom. The monoisotopic (exact) mass is 516 g/mol. The molecular formula is C23H24ClF3N2O6. The molecule has 2 aromatic rings. The normalized spacial score (nSPS) is 17.0. The summed E-state index contributed by atoms with van der Waals surface area (Å²) in [6.45, 7) is 1.57. The van der Waals surface area contributed by atoms with Crippen molar-refractivity contribution in [3.63, 3.8) is 0 Å². The van der Waals surface area contributed by atoms with Crippen LogP contribution in [0.5, 0.6) is 17.2 Å². The summed E-state index contributed by atoms with van der Waals surface area (Å²) in [7, 11) is 0. The lowest BCUT2D eigenvalue weighted by Crippen LogP contribution is -2.41. The first kappa shape index (κ1) is 26.4. The van der Waals surface area contributed by atoms with Crippen LogP contribution >= 0.6 is 11.6 Å². The fraction of sp³-hybridized carbons (Fsp3) is 0.391. The molecule has 0 aromatic heterocycles. The molecule has 1 heterocycles. The Hall–Kier alpha value is -3.18. The maximum absolute atomic E-state index is 12.8. The highest BCUT2D eigenvalue weighted by Crippen LogP contribution is 2.34. The van der Waals surface area contributed by atoms with Crippen LogP contribution in [0.3, 0.4) is 0 Å². The van der Waals surface area contributed by atoms with Crippen molar-refractivity contribution in [2.24, 2.45) is 0 Å². The molecule has 1 amide bonds. The summed E-state index contributed by atoms with van der Waals surface area (Å²) in [6, 6.07) is 11.0. The number of hydrogen-bond donors (Lipinski definition) is 2. The molecule has 2 aromatic carbocycles. The third kappa shape index (κ3) is 7.93. The van der Waals surface area contributed by atoms with E-state index >= 15 is 0 Å². The molecule has 2 unspecified atom stereocenters. The van der Waals surface area contributed by atoms with Gasteiger partial charge in [0.25, 0.3) is 0 Å². The van der Waals surface area contributed by atoms with Gasteiger partial charge in [-0.1, -0.05) is 17.7 Å². The van der Waals surface area contributed by atoms with Crippen LogP contribution in [0.15, 0.2) is 42.5 Å². The molecule has 1 aliphatic heterocycles. The number of carbonyl (C=O) groups is 2. The molecule has 12 heteroatoms. The number of halogens is 4. The zero-order chi connectivity index (χ0) is 25.6. The van der Waals surface area contributed by atoms with Crippen molar-refractivity contribution in [2.45, 2.75) is 31.7 Å². The Morgan fingerprint density at radius 3 is 2.60 bits per heavy atom. The smallest absolute Gasteiger partial charge is 0.490 e. The molecule has 190 valence electrons. The Labute approximate surface area is 204 Å². The van der Waals surface area contributed by atoms with Crippen LogP contribution in [-0.4, -0.2) is 66.5 Å². The van der Waals surface area contributed by atoms with Gasteiger partial charge in [0.15, 0.2) is 11.5 Å². The maximum Gasteiger partial charge on any atom is 0.490 e. The van der Waals surface area contributed by atoms with E-state index in [4.69, 9.17) is 21.1 Å². The standard InChI is InChI=1S/C23H24ClF3N2O6/c1-14(30)28-19-3-2-4-20(31)21(19)33-13-18(35-22(32)23(25,26)27)12-29-10-9-17(11-29)34-16-7-5-15(24)6-8-16/h2-8,17-18,31H,9-13H2,1H3,(H,28,30). The minimum Gasteiger partial charge on any atom is -0.504 e. The number of phenolic OH excluding ortho intramolecular Hbond substituents is 1. The van der Waals surface area contributed by atoms with E-state index in [1.165, 1.54) is 25.1 Å². The summed E-state index contributed by atoms with van der Waals surface area (Å²) >= 11 is 5.87. The van der Waals surface area contributed by atoms with Crippen molar-refractivity contribution in [1.82, 2.24) is 4.90 Å².